The van der Waals surface area contributed by atoms with Crippen molar-refractivity contribution in [2.45, 2.75) is 6.54 Å². The van der Waals surface area contributed by atoms with Crippen molar-refractivity contribution in [3.05, 3.63) is 78.1 Å². The Balaban J connectivity index is 1.13. The first kappa shape index (κ1) is 21.1. The van der Waals surface area contributed by atoms with Gasteiger partial charge >= 0.3 is 0 Å². The molecule has 1 fully saturated rings. The quantitative estimate of drug-likeness (QED) is 0.545. The first-order chi connectivity index (χ1) is 16.1. The molecule has 33 heavy (non-hydrogen) atoms. The Kier molecular flexibility index (Phi) is 5.75. The molecule has 0 atom stereocenters. The van der Waals surface area contributed by atoms with Gasteiger partial charge in [0.05, 0.1) is 11.1 Å². The maximum atomic E-state index is 12.8. The summed E-state index contributed by atoms with van der Waals surface area (Å²) in [5.41, 5.74) is 1.83. The molecule has 0 bridgehead atoms. The van der Waals surface area contributed by atoms with E-state index in [0.717, 1.165) is 42.5 Å². The molecule has 0 N–H and O–H groups in total. The average molecular weight is 444 g/mol. The third-order valence-corrected chi connectivity index (χ3v) is 6.30. The van der Waals surface area contributed by atoms with Crippen LogP contribution in [0, 0.1) is 0 Å². The summed E-state index contributed by atoms with van der Waals surface area (Å²) in [7, 11) is 0. The molecule has 2 aliphatic heterocycles. The minimum atomic E-state index is -0.392. The van der Waals surface area contributed by atoms with Crippen molar-refractivity contribution >= 4 is 17.7 Å². The number of nitrogens with zero attached hydrogens (tertiary/aromatic N) is 5. The van der Waals surface area contributed by atoms with Gasteiger partial charge in [-0.3, -0.25) is 24.2 Å². The van der Waals surface area contributed by atoms with Gasteiger partial charge in [-0.05, 0) is 12.1 Å². The maximum Gasteiger partial charge on any atom is 0.262 e. The van der Waals surface area contributed by atoms with E-state index in [4.69, 9.17) is 0 Å². The maximum absolute atomic E-state index is 12.8. The Bertz CT molecular complexity index is 1150. The summed E-state index contributed by atoms with van der Waals surface area (Å²) in [5.74, 6) is -0.0234. The molecule has 0 spiro atoms. The van der Waals surface area contributed by atoms with Crippen molar-refractivity contribution in [3.63, 3.8) is 0 Å². The van der Waals surface area contributed by atoms with Crippen molar-refractivity contribution in [2.75, 3.05) is 39.3 Å². The van der Waals surface area contributed by atoms with E-state index < -0.39 is 11.8 Å². The van der Waals surface area contributed by atoms with Crippen LogP contribution in [-0.2, 0) is 11.3 Å². The van der Waals surface area contributed by atoms with Crippen LogP contribution < -0.4 is 0 Å². The van der Waals surface area contributed by atoms with E-state index in [1.807, 2.05) is 30.6 Å². The van der Waals surface area contributed by atoms with Crippen LogP contribution >= 0.6 is 0 Å². The summed E-state index contributed by atoms with van der Waals surface area (Å²) in [5, 5.41) is 0. The van der Waals surface area contributed by atoms with Crippen LogP contribution in [0.15, 0.2) is 67.0 Å². The normalized spacial score (nSPS) is 16.4. The summed E-state index contributed by atoms with van der Waals surface area (Å²) in [6.45, 7) is 4.13. The van der Waals surface area contributed by atoms with Crippen LogP contribution in [0.5, 0.6) is 0 Å². The molecule has 1 aromatic heterocycles. The molecule has 0 radical (unpaired) electrons. The third-order valence-electron chi connectivity index (χ3n) is 6.30. The number of carbonyl (C=O) groups is 3. The third kappa shape index (κ3) is 4.17. The highest BCUT2D eigenvalue weighted by Gasteiger charge is 2.37. The van der Waals surface area contributed by atoms with Gasteiger partial charge in [-0.15, -0.1) is 0 Å². The lowest BCUT2D eigenvalue weighted by Gasteiger charge is -2.35. The van der Waals surface area contributed by atoms with Gasteiger partial charge in [-0.25, -0.2) is 4.98 Å². The fourth-order valence-corrected chi connectivity index (χ4v) is 4.43. The number of amides is 3. The van der Waals surface area contributed by atoms with E-state index >= 15 is 0 Å². The Morgan fingerprint density at radius 1 is 0.818 bits per heavy atom. The van der Waals surface area contributed by atoms with Crippen molar-refractivity contribution < 1.29 is 14.4 Å². The number of imidazole rings is 1. The van der Waals surface area contributed by atoms with E-state index in [0.29, 0.717) is 24.2 Å². The zero-order valence-electron chi connectivity index (χ0n) is 18.3. The molecule has 5 rings (SSSR count). The van der Waals surface area contributed by atoms with Gasteiger partial charge in [0.1, 0.15) is 12.4 Å². The van der Waals surface area contributed by atoms with Crippen molar-refractivity contribution in [1.82, 2.24) is 24.3 Å². The number of carbonyl (C=O) groups excluding carboxylic acids is 3. The van der Waals surface area contributed by atoms with Gasteiger partial charge in [-0.2, -0.15) is 0 Å². The smallest absolute Gasteiger partial charge is 0.262 e. The molecule has 3 aromatic rings. The Labute approximate surface area is 192 Å². The van der Waals surface area contributed by atoms with E-state index in [9.17, 15) is 14.4 Å². The van der Waals surface area contributed by atoms with Crippen LogP contribution in [0.3, 0.4) is 0 Å². The molecule has 0 saturated carbocycles. The second-order valence-electron chi connectivity index (χ2n) is 8.27. The molecule has 8 heteroatoms. The molecule has 8 nitrogen and oxygen atoms in total. The van der Waals surface area contributed by atoms with Gasteiger partial charge in [0.2, 0.25) is 5.91 Å². The van der Waals surface area contributed by atoms with Gasteiger partial charge in [0, 0.05) is 57.2 Å². The largest absolute Gasteiger partial charge is 0.339 e. The standard InChI is InChI=1S/C25H25N5O3/c31-22(18-30-24(32)20-8-4-5-9-21(20)25(30)33)28-15-12-27(13-16-28)14-17-29-11-10-26-23(29)19-6-2-1-3-7-19/h1-11H,12-18H2. The molecule has 3 amide bonds. The number of rotatable bonds is 6. The van der Waals surface area contributed by atoms with Crippen molar-refractivity contribution in [2.24, 2.45) is 0 Å². The Morgan fingerprint density at radius 2 is 1.45 bits per heavy atom. The topological polar surface area (TPSA) is 78.8 Å². The van der Waals surface area contributed by atoms with Crippen LogP contribution in [0.4, 0.5) is 0 Å². The summed E-state index contributed by atoms with van der Waals surface area (Å²) >= 11 is 0. The first-order valence-corrected chi connectivity index (χ1v) is 11.1. The number of hydrogen-bond acceptors (Lipinski definition) is 5. The fourth-order valence-electron chi connectivity index (χ4n) is 4.43. The lowest BCUT2D eigenvalue weighted by molar-refractivity contribution is -0.133. The fraction of sp³-hybridized carbons (Fsp3) is 0.280. The molecule has 168 valence electrons. The summed E-state index contributed by atoms with van der Waals surface area (Å²) < 4.78 is 2.15. The van der Waals surface area contributed by atoms with Gasteiger partial charge in [0.25, 0.3) is 11.8 Å². The highest BCUT2D eigenvalue weighted by atomic mass is 16.2. The molecule has 0 unspecified atom stereocenters. The Hall–Kier alpha value is -3.78. The van der Waals surface area contributed by atoms with Crippen molar-refractivity contribution in [3.8, 4) is 11.4 Å². The van der Waals surface area contributed by atoms with Gasteiger partial charge < -0.3 is 9.47 Å². The summed E-state index contributed by atoms with van der Waals surface area (Å²) in [6.07, 6.45) is 3.81. The minimum Gasteiger partial charge on any atom is -0.339 e. The lowest BCUT2D eigenvalue weighted by Crippen LogP contribution is -2.52. The number of benzene rings is 2. The second kappa shape index (κ2) is 8.99. The van der Waals surface area contributed by atoms with Gasteiger partial charge in [0.15, 0.2) is 0 Å². The molecule has 0 aliphatic carbocycles. The summed E-state index contributed by atoms with van der Waals surface area (Å²) in [4.78, 5) is 47.5. The van der Waals surface area contributed by atoms with E-state index in [-0.39, 0.29) is 12.5 Å². The predicted molar refractivity (Wildman–Crippen MR) is 122 cm³/mol. The molecule has 2 aliphatic rings. The minimum absolute atomic E-state index is 0.190. The number of fused-ring (bicyclic) bond motifs is 1. The zero-order chi connectivity index (χ0) is 22.8. The SMILES string of the molecule is O=C(CN1C(=O)c2ccccc2C1=O)N1CCN(CCn2ccnc2-c2ccccc2)CC1. The number of hydrogen-bond donors (Lipinski definition) is 0. The monoisotopic (exact) mass is 443 g/mol. The summed E-state index contributed by atoms with van der Waals surface area (Å²) in [6, 6.07) is 16.8. The molecule has 2 aromatic carbocycles. The van der Waals surface area contributed by atoms with E-state index in [2.05, 4.69) is 26.6 Å². The molecule has 3 heterocycles. The highest BCUT2D eigenvalue weighted by molar-refractivity contribution is 6.22. The Morgan fingerprint density at radius 3 is 2.12 bits per heavy atom. The molecule has 1 saturated heterocycles. The van der Waals surface area contributed by atoms with Crippen LogP contribution in [0.2, 0.25) is 0 Å². The van der Waals surface area contributed by atoms with Crippen LogP contribution in [0.25, 0.3) is 11.4 Å². The van der Waals surface area contributed by atoms with E-state index in [1.165, 1.54) is 0 Å². The molecular weight excluding hydrogens is 418 g/mol. The van der Waals surface area contributed by atoms with Gasteiger partial charge in [-0.1, -0.05) is 42.5 Å². The highest BCUT2D eigenvalue weighted by Crippen LogP contribution is 2.22. The lowest BCUT2D eigenvalue weighted by atomic mass is 10.1. The average Bonchev–Trinajstić information content (AvgIpc) is 3.43. The van der Waals surface area contributed by atoms with Crippen LogP contribution in [-0.4, -0.2) is 81.2 Å². The number of piperazine rings is 1. The molecular formula is C25H25N5O3. The van der Waals surface area contributed by atoms with Crippen molar-refractivity contribution in [1.29, 1.82) is 0 Å². The number of imide groups is 1. The first-order valence-electron chi connectivity index (χ1n) is 11.1. The van der Waals surface area contributed by atoms with E-state index in [1.54, 1.807) is 29.2 Å². The predicted octanol–water partition coefficient (Wildman–Crippen LogP) is 1.99. The number of aromatic nitrogens is 2. The second-order valence-corrected chi connectivity index (χ2v) is 8.27. The zero-order valence-corrected chi connectivity index (χ0v) is 18.3. The van der Waals surface area contributed by atoms with Crippen LogP contribution in [0.1, 0.15) is 20.7 Å².